The van der Waals surface area contributed by atoms with E-state index < -0.39 is 0 Å². The van der Waals surface area contributed by atoms with Gasteiger partial charge in [0.05, 0.1) is 0 Å². The number of piperidine rings is 1. The van der Waals surface area contributed by atoms with Crippen LogP contribution in [0.3, 0.4) is 0 Å². The fourth-order valence-corrected chi connectivity index (χ4v) is 6.29. The van der Waals surface area contributed by atoms with Gasteiger partial charge in [-0.25, -0.2) is 4.79 Å². The van der Waals surface area contributed by atoms with Gasteiger partial charge in [0.25, 0.3) is 0 Å². The summed E-state index contributed by atoms with van der Waals surface area (Å²) in [6.45, 7) is 0.424. The van der Waals surface area contributed by atoms with Crippen LogP contribution in [0.25, 0.3) is 11.1 Å². The van der Waals surface area contributed by atoms with Gasteiger partial charge in [0.1, 0.15) is 6.61 Å². The minimum absolute atomic E-state index is 0.105. The zero-order valence-corrected chi connectivity index (χ0v) is 17.6. The number of amides is 1. The Balaban J connectivity index is 1.30. The van der Waals surface area contributed by atoms with Crippen LogP contribution < -0.4 is 0 Å². The highest BCUT2D eigenvalue weighted by molar-refractivity contribution is 9.09. The monoisotopic (exact) mass is 439 g/mol. The number of alkyl halides is 1. The molecule has 2 aromatic carbocycles. The first-order valence-electron chi connectivity index (χ1n) is 10.5. The highest BCUT2D eigenvalue weighted by Gasteiger charge is 2.44. The van der Waals surface area contributed by atoms with Crippen LogP contribution in [0.2, 0.25) is 0 Å². The van der Waals surface area contributed by atoms with E-state index in [9.17, 15) is 4.79 Å². The lowest BCUT2D eigenvalue weighted by Gasteiger charge is -2.38. The molecule has 2 unspecified atom stereocenters. The van der Waals surface area contributed by atoms with E-state index in [0.29, 0.717) is 18.7 Å². The molecule has 146 valence electrons. The average Bonchev–Trinajstić information content (AvgIpc) is 3.18. The van der Waals surface area contributed by atoms with Gasteiger partial charge in [-0.15, -0.1) is 0 Å². The number of carbonyl (C=O) groups is 1. The molecule has 0 saturated carbocycles. The molecule has 1 amide bonds. The summed E-state index contributed by atoms with van der Waals surface area (Å²) >= 11 is 3.57. The predicted octanol–water partition coefficient (Wildman–Crippen LogP) is 5.96. The van der Waals surface area contributed by atoms with Crippen molar-refractivity contribution in [2.24, 2.45) is 5.92 Å². The van der Waals surface area contributed by atoms with E-state index in [0.717, 1.165) is 36.9 Å². The third-order valence-corrected chi connectivity index (χ3v) is 7.35. The molecular formula is C24H26BrNO2. The Kier molecular flexibility index (Phi) is 4.92. The molecule has 2 aromatic rings. The van der Waals surface area contributed by atoms with Crippen LogP contribution in [0.4, 0.5) is 4.79 Å². The Bertz CT molecular complexity index is 823. The number of halogens is 1. The van der Waals surface area contributed by atoms with Gasteiger partial charge in [0.2, 0.25) is 0 Å². The highest BCUT2D eigenvalue weighted by Crippen LogP contribution is 2.45. The summed E-state index contributed by atoms with van der Waals surface area (Å²) in [5, 5.41) is 1.06. The maximum absolute atomic E-state index is 13.0. The van der Waals surface area contributed by atoms with E-state index in [1.54, 1.807) is 0 Å². The van der Waals surface area contributed by atoms with Crippen LogP contribution in [0.5, 0.6) is 0 Å². The molecule has 4 heteroatoms. The first kappa shape index (κ1) is 18.2. The van der Waals surface area contributed by atoms with Gasteiger partial charge in [-0.3, -0.25) is 0 Å². The highest BCUT2D eigenvalue weighted by atomic mass is 79.9. The van der Waals surface area contributed by atoms with Crippen LogP contribution >= 0.6 is 15.9 Å². The first-order chi connectivity index (χ1) is 13.8. The standard InChI is InChI=1S/C24H26BrNO2/c25-12-11-16-13-17-9-10-18(14-16)26(17)24(27)28-15-23-21-7-3-1-5-19(21)20-6-2-4-8-22(20)23/h1-8,16-18,23H,9-15H2. The van der Waals surface area contributed by atoms with Crippen LogP contribution in [0, 0.1) is 5.92 Å². The van der Waals surface area contributed by atoms with E-state index in [2.05, 4.69) is 69.4 Å². The molecule has 2 atom stereocenters. The summed E-state index contributed by atoms with van der Waals surface area (Å²) in [6, 6.07) is 17.7. The zero-order valence-electron chi connectivity index (χ0n) is 16.0. The van der Waals surface area contributed by atoms with Gasteiger partial charge in [0, 0.05) is 23.3 Å². The lowest BCUT2D eigenvalue weighted by atomic mass is 9.89. The number of nitrogens with zero attached hydrogens (tertiary/aromatic N) is 1. The van der Waals surface area contributed by atoms with Crippen molar-refractivity contribution in [1.29, 1.82) is 0 Å². The van der Waals surface area contributed by atoms with Crippen molar-refractivity contribution in [3.05, 3.63) is 59.7 Å². The Morgan fingerprint density at radius 1 is 0.964 bits per heavy atom. The molecule has 5 rings (SSSR count). The minimum atomic E-state index is -0.105. The second kappa shape index (κ2) is 7.55. The molecule has 2 bridgehead atoms. The summed E-state index contributed by atoms with van der Waals surface area (Å²) in [7, 11) is 0. The van der Waals surface area contributed by atoms with Crippen LogP contribution in [0.1, 0.15) is 49.1 Å². The molecule has 2 aliphatic heterocycles. The molecule has 0 aromatic heterocycles. The van der Waals surface area contributed by atoms with E-state index in [1.807, 2.05) is 0 Å². The third-order valence-electron chi connectivity index (χ3n) is 6.89. The van der Waals surface area contributed by atoms with Crippen molar-refractivity contribution in [2.45, 2.75) is 50.1 Å². The van der Waals surface area contributed by atoms with E-state index in [-0.39, 0.29) is 12.0 Å². The molecule has 28 heavy (non-hydrogen) atoms. The van der Waals surface area contributed by atoms with Crippen molar-refractivity contribution in [3.8, 4) is 11.1 Å². The number of rotatable bonds is 4. The van der Waals surface area contributed by atoms with Crippen molar-refractivity contribution in [1.82, 2.24) is 4.90 Å². The second-order valence-electron chi connectivity index (χ2n) is 8.41. The first-order valence-corrected chi connectivity index (χ1v) is 11.6. The number of benzene rings is 2. The van der Waals surface area contributed by atoms with Crippen LogP contribution in [0.15, 0.2) is 48.5 Å². The maximum Gasteiger partial charge on any atom is 0.410 e. The number of hydrogen-bond donors (Lipinski definition) is 0. The average molecular weight is 440 g/mol. The third kappa shape index (κ3) is 3.06. The SMILES string of the molecule is O=C(OCC1c2ccccc2-c2ccccc21)N1C2CCC1CC(CCBr)C2. The molecule has 2 heterocycles. The number of hydrogen-bond acceptors (Lipinski definition) is 2. The Hall–Kier alpha value is -1.81. The van der Waals surface area contributed by atoms with E-state index >= 15 is 0 Å². The molecule has 3 aliphatic rings. The summed E-state index contributed by atoms with van der Waals surface area (Å²) in [5.74, 6) is 0.884. The quantitative estimate of drug-likeness (QED) is 0.549. The van der Waals surface area contributed by atoms with Gasteiger partial charge < -0.3 is 9.64 Å². The van der Waals surface area contributed by atoms with E-state index in [1.165, 1.54) is 28.7 Å². The molecule has 0 N–H and O–H groups in total. The van der Waals surface area contributed by atoms with Crippen LogP contribution in [-0.2, 0) is 4.74 Å². The molecule has 0 radical (unpaired) electrons. The normalized spacial score (nSPS) is 25.5. The molecule has 0 spiro atoms. The molecule has 2 fully saturated rings. The lowest BCUT2D eigenvalue weighted by molar-refractivity contribution is 0.0556. The summed E-state index contributed by atoms with van der Waals surface area (Å²) < 4.78 is 5.93. The van der Waals surface area contributed by atoms with E-state index in [4.69, 9.17) is 4.74 Å². The van der Waals surface area contributed by atoms with Crippen molar-refractivity contribution < 1.29 is 9.53 Å². The van der Waals surface area contributed by atoms with Gasteiger partial charge in [-0.2, -0.15) is 0 Å². The Morgan fingerprint density at radius 3 is 2.11 bits per heavy atom. The van der Waals surface area contributed by atoms with Gasteiger partial charge in [-0.1, -0.05) is 64.5 Å². The molecule has 3 nitrogen and oxygen atoms in total. The van der Waals surface area contributed by atoms with Gasteiger partial charge in [0.15, 0.2) is 0 Å². The van der Waals surface area contributed by atoms with Gasteiger partial charge >= 0.3 is 6.09 Å². The zero-order chi connectivity index (χ0) is 19.1. The van der Waals surface area contributed by atoms with Crippen molar-refractivity contribution in [2.75, 3.05) is 11.9 Å². The number of carbonyl (C=O) groups excluding carboxylic acids is 1. The lowest BCUT2D eigenvalue weighted by Crippen LogP contribution is -2.47. The summed E-state index contributed by atoms with van der Waals surface area (Å²) in [5.41, 5.74) is 5.09. The maximum atomic E-state index is 13.0. The topological polar surface area (TPSA) is 29.5 Å². The molecular weight excluding hydrogens is 414 g/mol. The van der Waals surface area contributed by atoms with Crippen molar-refractivity contribution >= 4 is 22.0 Å². The Labute approximate surface area is 175 Å². The van der Waals surface area contributed by atoms with Crippen molar-refractivity contribution in [3.63, 3.8) is 0 Å². The smallest absolute Gasteiger partial charge is 0.410 e. The minimum Gasteiger partial charge on any atom is -0.448 e. The predicted molar refractivity (Wildman–Crippen MR) is 115 cm³/mol. The fourth-order valence-electron chi connectivity index (χ4n) is 5.65. The molecule has 2 saturated heterocycles. The second-order valence-corrected chi connectivity index (χ2v) is 9.20. The van der Waals surface area contributed by atoms with Crippen LogP contribution in [-0.4, -0.2) is 35.0 Å². The Morgan fingerprint density at radius 2 is 1.54 bits per heavy atom. The number of ether oxygens (including phenoxy) is 1. The summed E-state index contributed by atoms with van der Waals surface area (Å²) in [6.07, 6.45) is 5.64. The molecule has 1 aliphatic carbocycles. The van der Waals surface area contributed by atoms with Gasteiger partial charge in [-0.05, 0) is 60.3 Å². The number of fused-ring (bicyclic) bond motifs is 5. The summed E-state index contributed by atoms with van der Waals surface area (Å²) in [4.78, 5) is 15.1. The fraction of sp³-hybridized carbons (Fsp3) is 0.458. The largest absolute Gasteiger partial charge is 0.448 e.